The van der Waals surface area contributed by atoms with Gasteiger partial charge in [-0.05, 0) is 22.8 Å². The van der Waals surface area contributed by atoms with E-state index in [1.165, 1.54) is 0 Å². The Morgan fingerprint density at radius 3 is 1.78 bits per heavy atom. The van der Waals surface area contributed by atoms with Crippen molar-refractivity contribution in [2.45, 2.75) is 53.4 Å². The third kappa shape index (κ3) is 2.93. The summed E-state index contributed by atoms with van der Waals surface area (Å²) in [4.78, 5) is 0. The van der Waals surface area contributed by atoms with Gasteiger partial charge in [0.2, 0.25) is 0 Å². The summed E-state index contributed by atoms with van der Waals surface area (Å²) in [6.07, 6.45) is 0.865. The number of hydrogen-bond donors (Lipinski definition) is 0. The lowest BCUT2D eigenvalue weighted by molar-refractivity contribution is 0.168. The Kier molecular flexibility index (Phi) is 3.91. The minimum atomic E-state index is -0.438. The van der Waals surface area contributed by atoms with E-state index in [1.807, 2.05) is 18.2 Å². The topological polar surface area (TPSA) is 23.8 Å². The van der Waals surface area contributed by atoms with Crippen molar-refractivity contribution >= 4 is 0 Å². The van der Waals surface area contributed by atoms with Gasteiger partial charge in [-0.15, -0.1) is 0 Å². The molecule has 0 spiro atoms. The summed E-state index contributed by atoms with van der Waals surface area (Å²) in [5, 5.41) is 9.88. The van der Waals surface area contributed by atoms with Crippen molar-refractivity contribution in [3.63, 3.8) is 0 Å². The van der Waals surface area contributed by atoms with Crippen molar-refractivity contribution in [3.05, 3.63) is 35.9 Å². The molecule has 1 heteroatoms. The average molecular weight is 243 g/mol. The van der Waals surface area contributed by atoms with E-state index in [1.54, 1.807) is 0 Å². The number of benzene rings is 1. The second-order valence-electron chi connectivity index (χ2n) is 7.37. The summed E-state index contributed by atoms with van der Waals surface area (Å²) in [5.41, 5.74) is 0.733. The monoisotopic (exact) mass is 243 g/mol. The fraction of sp³-hybridized carbons (Fsp3) is 0.588. The molecule has 0 radical (unpaired) electrons. The van der Waals surface area contributed by atoms with Gasteiger partial charge in [-0.2, -0.15) is 5.26 Å². The summed E-state index contributed by atoms with van der Waals surface area (Å²) in [6, 6.07) is 12.8. The van der Waals surface area contributed by atoms with Crippen molar-refractivity contribution in [2.24, 2.45) is 10.8 Å². The highest BCUT2D eigenvalue weighted by atomic mass is 14.5. The van der Waals surface area contributed by atoms with Crippen LogP contribution < -0.4 is 0 Å². The van der Waals surface area contributed by atoms with Gasteiger partial charge in [0.25, 0.3) is 0 Å². The van der Waals surface area contributed by atoms with E-state index in [2.05, 4.69) is 59.7 Å². The number of nitrogens with zero attached hydrogens (tertiary/aromatic N) is 1. The maximum Gasteiger partial charge on any atom is 0.0875 e. The molecule has 0 saturated heterocycles. The Labute approximate surface area is 112 Å². The van der Waals surface area contributed by atoms with Crippen LogP contribution in [0, 0.1) is 22.2 Å². The Morgan fingerprint density at radius 2 is 1.44 bits per heavy atom. The fourth-order valence-corrected chi connectivity index (χ4v) is 2.59. The second-order valence-corrected chi connectivity index (χ2v) is 7.37. The summed E-state index contributed by atoms with van der Waals surface area (Å²) < 4.78 is 0. The van der Waals surface area contributed by atoms with E-state index in [-0.39, 0.29) is 10.8 Å². The third-order valence-corrected chi connectivity index (χ3v) is 3.53. The largest absolute Gasteiger partial charge is 0.197 e. The van der Waals surface area contributed by atoms with Gasteiger partial charge in [-0.3, -0.25) is 0 Å². The van der Waals surface area contributed by atoms with E-state index < -0.39 is 5.41 Å². The van der Waals surface area contributed by atoms with Gasteiger partial charge in [-0.1, -0.05) is 71.9 Å². The van der Waals surface area contributed by atoms with Crippen LogP contribution in [0.3, 0.4) is 0 Å². The first-order chi connectivity index (χ1) is 8.12. The van der Waals surface area contributed by atoms with Crippen LogP contribution in [0.1, 0.15) is 53.5 Å². The van der Waals surface area contributed by atoms with Crippen molar-refractivity contribution in [1.82, 2.24) is 0 Å². The van der Waals surface area contributed by atoms with Crippen LogP contribution in [0.15, 0.2) is 30.3 Å². The molecule has 1 aromatic carbocycles. The predicted molar refractivity (Wildman–Crippen MR) is 77.3 cm³/mol. The van der Waals surface area contributed by atoms with E-state index in [0.29, 0.717) is 0 Å². The van der Waals surface area contributed by atoms with E-state index in [9.17, 15) is 5.26 Å². The quantitative estimate of drug-likeness (QED) is 0.722. The van der Waals surface area contributed by atoms with Crippen molar-refractivity contribution in [1.29, 1.82) is 5.26 Å². The molecule has 0 aliphatic rings. The first kappa shape index (κ1) is 14.8. The number of rotatable bonds is 2. The number of hydrogen-bond acceptors (Lipinski definition) is 1. The maximum atomic E-state index is 9.88. The standard InChI is InChI=1S/C17H25N/c1-15(2,3)12-17(13-18,16(4,5)6)14-10-8-7-9-11-14/h7-11H,12H2,1-6H3. The lowest BCUT2D eigenvalue weighted by atomic mass is 9.58. The average Bonchev–Trinajstić information content (AvgIpc) is 2.24. The van der Waals surface area contributed by atoms with Gasteiger partial charge in [0.15, 0.2) is 0 Å². The molecule has 0 amide bonds. The van der Waals surface area contributed by atoms with E-state index in [0.717, 1.165) is 12.0 Å². The van der Waals surface area contributed by atoms with Gasteiger partial charge in [0.1, 0.15) is 0 Å². The molecular formula is C17H25N. The molecule has 1 rings (SSSR count). The molecule has 1 nitrogen and oxygen atoms in total. The SMILES string of the molecule is CC(C)(C)CC(C#N)(c1ccccc1)C(C)(C)C. The molecule has 18 heavy (non-hydrogen) atoms. The lowest BCUT2D eigenvalue weighted by Gasteiger charge is -2.43. The van der Waals surface area contributed by atoms with Gasteiger partial charge < -0.3 is 0 Å². The molecule has 0 fully saturated rings. The van der Waals surface area contributed by atoms with E-state index in [4.69, 9.17) is 0 Å². The van der Waals surface area contributed by atoms with Crippen molar-refractivity contribution in [3.8, 4) is 6.07 Å². The molecule has 0 aliphatic heterocycles. The van der Waals surface area contributed by atoms with Crippen LogP contribution >= 0.6 is 0 Å². The molecule has 0 aliphatic carbocycles. The van der Waals surface area contributed by atoms with Crippen LogP contribution in [0.5, 0.6) is 0 Å². The lowest BCUT2D eigenvalue weighted by Crippen LogP contribution is -2.42. The Hall–Kier alpha value is -1.29. The molecule has 1 aromatic rings. The summed E-state index contributed by atoms with van der Waals surface area (Å²) in [5.74, 6) is 0. The molecule has 0 bridgehead atoms. The molecular weight excluding hydrogens is 218 g/mol. The zero-order valence-corrected chi connectivity index (χ0v) is 12.5. The molecule has 98 valence electrons. The molecule has 0 saturated carbocycles. The minimum Gasteiger partial charge on any atom is -0.197 e. The Balaban J connectivity index is 3.39. The molecule has 1 unspecified atom stereocenters. The molecule has 0 heterocycles. The molecule has 1 atom stereocenters. The smallest absolute Gasteiger partial charge is 0.0875 e. The van der Waals surface area contributed by atoms with Gasteiger partial charge in [0.05, 0.1) is 11.5 Å². The van der Waals surface area contributed by atoms with Crippen LogP contribution in [0.25, 0.3) is 0 Å². The zero-order chi connectivity index (χ0) is 14.0. The zero-order valence-electron chi connectivity index (χ0n) is 12.5. The first-order valence-electron chi connectivity index (χ1n) is 6.59. The van der Waals surface area contributed by atoms with E-state index >= 15 is 0 Å². The summed E-state index contributed by atoms with van der Waals surface area (Å²) in [7, 11) is 0. The minimum absolute atomic E-state index is 0.0869. The van der Waals surface area contributed by atoms with Crippen LogP contribution in [0.4, 0.5) is 0 Å². The molecule has 0 N–H and O–H groups in total. The Bertz CT molecular complexity index is 425. The maximum absolute atomic E-state index is 9.88. The van der Waals surface area contributed by atoms with Gasteiger partial charge in [0, 0.05) is 0 Å². The van der Waals surface area contributed by atoms with Crippen molar-refractivity contribution in [2.75, 3.05) is 0 Å². The highest BCUT2D eigenvalue weighted by Gasteiger charge is 2.46. The van der Waals surface area contributed by atoms with Crippen LogP contribution in [-0.2, 0) is 5.41 Å². The van der Waals surface area contributed by atoms with Crippen molar-refractivity contribution < 1.29 is 0 Å². The van der Waals surface area contributed by atoms with Gasteiger partial charge >= 0.3 is 0 Å². The Morgan fingerprint density at radius 1 is 0.944 bits per heavy atom. The summed E-state index contributed by atoms with van der Waals surface area (Å²) in [6.45, 7) is 13.1. The predicted octanol–water partition coefficient (Wildman–Crippen LogP) is 4.93. The summed E-state index contributed by atoms with van der Waals surface area (Å²) >= 11 is 0. The number of nitriles is 1. The highest BCUT2D eigenvalue weighted by Crippen LogP contribution is 2.48. The highest BCUT2D eigenvalue weighted by molar-refractivity contribution is 5.35. The normalized spacial score (nSPS) is 15.8. The van der Waals surface area contributed by atoms with Crippen LogP contribution in [0.2, 0.25) is 0 Å². The van der Waals surface area contributed by atoms with Crippen LogP contribution in [-0.4, -0.2) is 0 Å². The first-order valence-corrected chi connectivity index (χ1v) is 6.59. The van der Waals surface area contributed by atoms with Gasteiger partial charge in [-0.25, -0.2) is 0 Å². The molecule has 0 aromatic heterocycles. The fourth-order valence-electron chi connectivity index (χ4n) is 2.59. The second kappa shape index (κ2) is 4.76. The third-order valence-electron chi connectivity index (χ3n) is 3.53.